The van der Waals surface area contributed by atoms with Crippen LogP contribution in [0.5, 0.6) is 5.75 Å². The minimum absolute atomic E-state index is 0.187. The Morgan fingerprint density at radius 3 is 2.84 bits per heavy atom. The van der Waals surface area contributed by atoms with Gasteiger partial charge in [0.2, 0.25) is 5.95 Å². The lowest BCUT2D eigenvalue weighted by atomic mass is 9.93. The topological polar surface area (TPSA) is 98.0 Å². The summed E-state index contributed by atoms with van der Waals surface area (Å²) < 4.78 is 6.86. The molecule has 25 heavy (non-hydrogen) atoms. The molecule has 8 heteroatoms. The average Bonchev–Trinajstić information content (AvgIpc) is 3.05. The normalized spacial score (nSPS) is 20.6. The molecule has 0 bridgehead atoms. The highest BCUT2D eigenvalue weighted by molar-refractivity contribution is 5.72. The number of nitrogens with zero attached hydrogens (tertiary/aromatic N) is 5. The van der Waals surface area contributed by atoms with E-state index in [9.17, 15) is 5.11 Å². The van der Waals surface area contributed by atoms with Crippen molar-refractivity contribution in [2.24, 2.45) is 0 Å². The SMILES string of the molecule is COc1ccc(-n2nnc3cnc(N[C@@H]4CCC[C@@H](O)C4)nc32)cc1. The van der Waals surface area contributed by atoms with E-state index < -0.39 is 0 Å². The molecule has 1 saturated carbocycles. The van der Waals surface area contributed by atoms with Crippen LogP contribution >= 0.6 is 0 Å². The van der Waals surface area contributed by atoms with E-state index in [0.29, 0.717) is 17.1 Å². The van der Waals surface area contributed by atoms with Crippen molar-refractivity contribution in [3.63, 3.8) is 0 Å². The maximum Gasteiger partial charge on any atom is 0.225 e. The summed E-state index contributed by atoms with van der Waals surface area (Å²) in [7, 11) is 1.63. The minimum Gasteiger partial charge on any atom is -0.497 e. The van der Waals surface area contributed by atoms with Crippen LogP contribution in [0.1, 0.15) is 25.7 Å². The summed E-state index contributed by atoms with van der Waals surface area (Å²) in [5, 5.41) is 21.4. The van der Waals surface area contributed by atoms with Crippen LogP contribution in [0.25, 0.3) is 16.9 Å². The van der Waals surface area contributed by atoms with Gasteiger partial charge in [0.25, 0.3) is 0 Å². The Bertz CT molecular complexity index is 863. The fourth-order valence-electron chi connectivity index (χ4n) is 3.17. The van der Waals surface area contributed by atoms with Crippen molar-refractivity contribution in [3.05, 3.63) is 30.5 Å². The maximum atomic E-state index is 9.82. The van der Waals surface area contributed by atoms with E-state index in [1.54, 1.807) is 18.0 Å². The summed E-state index contributed by atoms with van der Waals surface area (Å²) >= 11 is 0. The smallest absolute Gasteiger partial charge is 0.225 e. The highest BCUT2D eigenvalue weighted by Crippen LogP contribution is 2.22. The lowest BCUT2D eigenvalue weighted by Crippen LogP contribution is -2.30. The standard InChI is InChI=1S/C17H20N6O2/c1-25-14-7-5-12(6-8-14)23-16-15(21-22-23)10-18-17(20-16)19-11-3-2-4-13(24)9-11/h5-8,10-11,13,24H,2-4,9H2,1H3,(H,18,19,20)/t11-,13-/m1/s1. The van der Waals surface area contributed by atoms with Crippen molar-refractivity contribution >= 4 is 17.1 Å². The van der Waals surface area contributed by atoms with Gasteiger partial charge in [-0.15, -0.1) is 5.10 Å². The van der Waals surface area contributed by atoms with Gasteiger partial charge in [-0.2, -0.15) is 9.67 Å². The molecule has 1 aliphatic carbocycles. The summed E-state index contributed by atoms with van der Waals surface area (Å²) in [6.07, 6.45) is 5.02. The third kappa shape index (κ3) is 3.25. The van der Waals surface area contributed by atoms with Crippen LogP contribution in [-0.4, -0.2) is 49.3 Å². The Kier molecular flexibility index (Phi) is 4.19. The summed E-state index contributed by atoms with van der Waals surface area (Å²) in [4.78, 5) is 8.90. The second kappa shape index (κ2) is 6.64. The number of rotatable bonds is 4. The van der Waals surface area contributed by atoms with Crippen molar-refractivity contribution in [2.75, 3.05) is 12.4 Å². The Morgan fingerprint density at radius 2 is 2.08 bits per heavy atom. The number of hydrogen-bond donors (Lipinski definition) is 2. The van der Waals surface area contributed by atoms with E-state index in [2.05, 4.69) is 25.6 Å². The second-order valence-electron chi connectivity index (χ2n) is 6.26. The molecule has 3 aromatic rings. The lowest BCUT2D eigenvalue weighted by Gasteiger charge is -2.26. The molecule has 1 fully saturated rings. The van der Waals surface area contributed by atoms with Gasteiger partial charge in [0.05, 0.1) is 25.1 Å². The predicted molar refractivity (Wildman–Crippen MR) is 92.9 cm³/mol. The zero-order valence-corrected chi connectivity index (χ0v) is 14.0. The molecule has 2 atom stereocenters. The van der Waals surface area contributed by atoms with E-state index >= 15 is 0 Å². The third-order valence-electron chi connectivity index (χ3n) is 4.49. The van der Waals surface area contributed by atoms with Gasteiger partial charge in [-0.25, -0.2) is 4.98 Å². The summed E-state index contributed by atoms with van der Waals surface area (Å²) in [5.74, 6) is 1.31. The van der Waals surface area contributed by atoms with Crippen molar-refractivity contribution in [1.82, 2.24) is 25.0 Å². The molecular formula is C17H20N6O2. The summed E-state index contributed by atoms with van der Waals surface area (Å²) in [5.41, 5.74) is 2.12. The van der Waals surface area contributed by atoms with Gasteiger partial charge < -0.3 is 15.2 Å². The van der Waals surface area contributed by atoms with Crippen molar-refractivity contribution in [2.45, 2.75) is 37.8 Å². The fourth-order valence-corrected chi connectivity index (χ4v) is 3.17. The number of anilines is 1. The van der Waals surface area contributed by atoms with Crippen LogP contribution in [0.15, 0.2) is 30.5 Å². The van der Waals surface area contributed by atoms with Crippen LogP contribution < -0.4 is 10.1 Å². The van der Waals surface area contributed by atoms with Gasteiger partial charge in [0.15, 0.2) is 11.2 Å². The van der Waals surface area contributed by atoms with Gasteiger partial charge >= 0.3 is 0 Å². The molecule has 130 valence electrons. The fraction of sp³-hybridized carbons (Fsp3) is 0.412. The lowest BCUT2D eigenvalue weighted by molar-refractivity contribution is 0.124. The molecule has 0 aliphatic heterocycles. The first-order valence-corrected chi connectivity index (χ1v) is 8.40. The number of aromatic nitrogens is 5. The molecule has 0 saturated heterocycles. The Morgan fingerprint density at radius 1 is 1.24 bits per heavy atom. The van der Waals surface area contributed by atoms with Crippen molar-refractivity contribution in [3.8, 4) is 11.4 Å². The van der Waals surface area contributed by atoms with Gasteiger partial charge in [-0.3, -0.25) is 0 Å². The Balaban J connectivity index is 1.62. The van der Waals surface area contributed by atoms with E-state index in [-0.39, 0.29) is 12.1 Å². The number of aliphatic hydroxyl groups excluding tert-OH is 1. The van der Waals surface area contributed by atoms with Crippen LogP contribution in [0.2, 0.25) is 0 Å². The molecule has 4 rings (SSSR count). The van der Waals surface area contributed by atoms with Gasteiger partial charge in [0, 0.05) is 6.04 Å². The zero-order chi connectivity index (χ0) is 17.2. The number of benzene rings is 1. The number of fused-ring (bicyclic) bond motifs is 1. The second-order valence-corrected chi connectivity index (χ2v) is 6.26. The molecule has 0 spiro atoms. The van der Waals surface area contributed by atoms with E-state index in [4.69, 9.17) is 4.74 Å². The summed E-state index contributed by atoms with van der Waals surface area (Å²) in [6, 6.07) is 7.73. The number of nitrogens with one attached hydrogen (secondary N) is 1. The Hall–Kier alpha value is -2.74. The predicted octanol–water partition coefficient (Wildman–Crippen LogP) is 1.93. The monoisotopic (exact) mass is 340 g/mol. The zero-order valence-electron chi connectivity index (χ0n) is 14.0. The highest BCUT2D eigenvalue weighted by atomic mass is 16.5. The highest BCUT2D eigenvalue weighted by Gasteiger charge is 2.21. The van der Waals surface area contributed by atoms with Crippen LogP contribution in [-0.2, 0) is 0 Å². The largest absolute Gasteiger partial charge is 0.497 e. The van der Waals surface area contributed by atoms with Gasteiger partial charge in [-0.1, -0.05) is 5.21 Å². The number of hydrogen-bond acceptors (Lipinski definition) is 7. The van der Waals surface area contributed by atoms with Crippen LogP contribution in [0.3, 0.4) is 0 Å². The average molecular weight is 340 g/mol. The molecule has 2 N–H and O–H groups in total. The van der Waals surface area contributed by atoms with Gasteiger partial charge in [0.1, 0.15) is 5.75 Å². The molecule has 0 radical (unpaired) electrons. The number of ether oxygens (including phenoxy) is 1. The minimum atomic E-state index is -0.249. The molecule has 1 aliphatic rings. The molecule has 2 aromatic heterocycles. The Labute approximate surface area is 144 Å². The molecule has 8 nitrogen and oxygen atoms in total. The first kappa shape index (κ1) is 15.8. The maximum absolute atomic E-state index is 9.82. The van der Waals surface area contributed by atoms with Crippen molar-refractivity contribution < 1.29 is 9.84 Å². The number of methoxy groups -OCH3 is 1. The molecule has 2 heterocycles. The molecule has 0 amide bonds. The number of aliphatic hydroxyl groups is 1. The molecular weight excluding hydrogens is 320 g/mol. The first-order valence-electron chi connectivity index (χ1n) is 8.40. The van der Waals surface area contributed by atoms with E-state index in [1.807, 2.05) is 24.3 Å². The van der Waals surface area contributed by atoms with Crippen LogP contribution in [0.4, 0.5) is 5.95 Å². The van der Waals surface area contributed by atoms with Crippen LogP contribution in [0, 0.1) is 0 Å². The van der Waals surface area contributed by atoms with E-state index in [0.717, 1.165) is 37.1 Å². The molecule has 0 unspecified atom stereocenters. The summed E-state index contributed by atoms with van der Waals surface area (Å²) in [6.45, 7) is 0. The van der Waals surface area contributed by atoms with Gasteiger partial charge in [-0.05, 0) is 49.9 Å². The third-order valence-corrected chi connectivity index (χ3v) is 4.49. The molecule has 1 aromatic carbocycles. The first-order chi connectivity index (χ1) is 12.2. The quantitative estimate of drug-likeness (QED) is 0.749. The van der Waals surface area contributed by atoms with Crippen molar-refractivity contribution in [1.29, 1.82) is 0 Å². The van der Waals surface area contributed by atoms with E-state index in [1.165, 1.54) is 0 Å².